The van der Waals surface area contributed by atoms with Crippen LogP contribution in [0.25, 0.3) is 10.1 Å². The number of rotatable bonds is 8. The third-order valence-corrected chi connectivity index (χ3v) is 10.5. The summed E-state index contributed by atoms with van der Waals surface area (Å²) < 4.78 is 72.4. The summed E-state index contributed by atoms with van der Waals surface area (Å²) >= 11 is 7.68. The van der Waals surface area contributed by atoms with Crippen molar-refractivity contribution >= 4 is 54.7 Å². The van der Waals surface area contributed by atoms with E-state index < -0.39 is 38.3 Å². The van der Waals surface area contributed by atoms with Crippen molar-refractivity contribution in [1.82, 2.24) is 0 Å². The van der Waals surface area contributed by atoms with Crippen LogP contribution in [0.1, 0.15) is 66.5 Å². The number of hydrogen-bond donors (Lipinski definition) is 1. The number of thiophene rings is 1. The second kappa shape index (κ2) is 12.1. The fourth-order valence-corrected chi connectivity index (χ4v) is 6.64. The van der Waals surface area contributed by atoms with Gasteiger partial charge in [-0.25, -0.2) is 0 Å². The molecule has 6 nitrogen and oxygen atoms in total. The van der Waals surface area contributed by atoms with Gasteiger partial charge in [-0.2, -0.15) is 8.42 Å². The van der Waals surface area contributed by atoms with Gasteiger partial charge in [0.25, 0.3) is 16.0 Å². The molecule has 0 spiro atoms. The van der Waals surface area contributed by atoms with Crippen LogP contribution < -0.4 is 10.1 Å². The lowest BCUT2D eigenvalue weighted by Crippen LogP contribution is -2.30. The molecule has 0 saturated carbocycles. The van der Waals surface area contributed by atoms with Gasteiger partial charge in [0.1, 0.15) is 10.5 Å². The maximum Gasteiger partial charge on any atom is 0.573 e. The van der Waals surface area contributed by atoms with Crippen molar-refractivity contribution < 1.29 is 35.3 Å². The Bertz CT molecular complexity index is 1920. The number of hydrogen-bond acceptors (Lipinski definition) is 6. The Hall–Kier alpha value is -3.56. The fraction of sp³-hybridized carbons (Fsp3) is 0.281. The molecular weight excluding hydrogens is 635 g/mol. The normalized spacial score (nSPS) is 12.5. The van der Waals surface area contributed by atoms with Crippen molar-refractivity contribution in [3.05, 3.63) is 92.8 Å². The Morgan fingerprint density at radius 2 is 1.61 bits per heavy atom. The van der Waals surface area contributed by atoms with E-state index in [0.717, 1.165) is 11.8 Å². The van der Waals surface area contributed by atoms with Crippen molar-refractivity contribution in [2.75, 3.05) is 12.4 Å². The SMILES string of the molecule is CC#Cc1cc(OC(F)(F)F)cc(C(C)(C)c2cc(Cl)cc(NC(=O)c3cc4cc(C(C)(C)S(=O)(=O)OC)ccc4s3)c2)c1. The van der Waals surface area contributed by atoms with Gasteiger partial charge in [0.05, 0.1) is 12.0 Å². The predicted octanol–water partition coefficient (Wildman–Crippen LogP) is 8.61. The van der Waals surface area contributed by atoms with Crippen LogP contribution in [0, 0.1) is 11.8 Å². The van der Waals surface area contributed by atoms with E-state index in [1.54, 1.807) is 69.3 Å². The average Bonchev–Trinajstić information content (AvgIpc) is 3.35. The second-order valence-electron chi connectivity index (χ2n) is 11.0. The summed E-state index contributed by atoms with van der Waals surface area (Å²) in [4.78, 5) is 13.7. The Labute approximate surface area is 263 Å². The van der Waals surface area contributed by atoms with Crippen LogP contribution in [0.2, 0.25) is 5.02 Å². The minimum absolute atomic E-state index is 0.310. The van der Waals surface area contributed by atoms with Crippen LogP contribution in [0.3, 0.4) is 0 Å². The molecule has 0 saturated heterocycles. The number of nitrogens with one attached hydrogen (secondary N) is 1. The summed E-state index contributed by atoms with van der Waals surface area (Å²) in [6.07, 6.45) is -4.88. The Morgan fingerprint density at radius 3 is 2.25 bits per heavy atom. The lowest BCUT2D eigenvalue weighted by atomic mass is 9.77. The molecule has 4 rings (SSSR count). The molecule has 1 N–H and O–H groups in total. The fourth-order valence-electron chi connectivity index (χ4n) is 4.63. The Morgan fingerprint density at radius 1 is 0.932 bits per heavy atom. The van der Waals surface area contributed by atoms with E-state index in [2.05, 4.69) is 21.9 Å². The minimum atomic E-state index is -4.88. The van der Waals surface area contributed by atoms with E-state index in [0.29, 0.717) is 43.2 Å². The predicted molar refractivity (Wildman–Crippen MR) is 168 cm³/mol. The number of amides is 1. The topological polar surface area (TPSA) is 81.7 Å². The number of carbonyl (C=O) groups is 1. The van der Waals surface area contributed by atoms with E-state index >= 15 is 0 Å². The molecule has 0 fully saturated rings. The third kappa shape index (κ3) is 7.05. The van der Waals surface area contributed by atoms with Gasteiger partial charge in [-0.15, -0.1) is 30.4 Å². The molecule has 0 aliphatic heterocycles. The third-order valence-electron chi connectivity index (χ3n) is 7.29. The van der Waals surface area contributed by atoms with Gasteiger partial charge in [-0.05, 0) is 97.4 Å². The zero-order chi connectivity index (χ0) is 32.7. The first-order valence-electron chi connectivity index (χ1n) is 13.2. The van der Waals surface area contributed by atoms with Gasteiger partial charge < -0.3 is 10.1 Å². The Kier molecular flexibility index (Phi) is 9.16. The number of carbonyl (C=O) groups excluding carboxylic acids is 1. The smallest absolute Gasteiger partial charge is 0.406 e. The minimum Gasteiger partial charge on any atom is -0.406 e. The van der Waals surface area contributed by atoms with Crippen LogP contribution in [-0.2, 0) is 24.5 Å². The van der Waals surface area contributed by atoms with Gasteiger partial charge in [0.2, 0.25) is 0 Å². The molecule has 12 heteroatoms. The number of ether oxygens (including phenoxy) is 1. The monoisotopic (exact) mass is 663 g/mol. The van der Waals surface area contributed by atoms with Crippen molar-refractivity contribution in [1.29, 1.82) is 0 Å². The van der Waals surface area contributed by atoms with Crippen LogP contribution >= 0.6 is 22.9 Å². The van der Waals surface area contributed by atoms with Gasteiger partial charge >= 0.3 is 6.36 Å². The molecule has 44 heavy (non-hydrogen) atoms. The van der Waals surface area contributed by atoms with E-state index in [4.69, 9.17) is 15.8 Å². The zero-order valence-corrected chi connectivity index (χ0v) is 27.0. The maximum atomic E-state index is 13.3. The van der Waals surface area contributed by atoms with Gasteiger partial charge in [-0.3, -0.25) is 8.98 Å². The number of halogens is 4. The quantitative estimate of drug-likeness (QED) is 0.151. The van der Waals surface area contributed by atoms with Crippen LogP contribution in [0.15, 0.2) is 60.7 Å². The lowest BCUT2D eigenvalue weighted by Gasteiger charge is -2.28. The van der Waals surface area contributed by atoms with Crippen LogP contribution in [-0.4, -0.2) is 27.8 Å². The molecule has 232 valence electrons. The number of benzene rings is 3. The van der Waals surface area contributed by atoms with E-state index in [1.165, 1.54) is 23.5 Å². The molecule has 1 amide bonds. The number of fused-ring (bicyclic) bond motifs is 1. The van der Waals surface area contributed by atoms with Gasteiger partial charge in [0, 0.05) is 26.4 Å². The first kappa shape index (κ1) is 33.3. The molecule has 0 atom stereocenters. The molecule has 3 aromatic carbocycles. The molecule has 0 aliphatic carbocycles. The lowest BCUT2D eigenvalue weighted by molar-refractivity contribution is -0.274. The summed E-state index contributed by atoms with van der Waals surface area (Å²) in [6.45, 7) is 8.30. The summed E-state index contributed by atoms with van der Waals surface area (Å²) in [5.41, 5.74) is 1.49. The van der Waals surface area contributed by atoms with Crippen molar-refractivity contribution in [3.63, 3.8) is 0 Å². The van der Waals surface area contributed by atoms with Crippen LogP contribution in [0.4, 0.5) is 18.9 Å². The summed E-state index contributed by atoms with van der Waals surface area (Å²) in [5, 5.41) is 3.85. The zero-order valence-electron chi connectivity index (χ0n) is 24.6. The molecule has 4 aromatic rings. The molecule has 0 unspecified atom stereocenters. The highest BCUT2D eigenvalue weighted by Gasteiger charge is 2.37. The molecule has 1 heterocycles. The van der Waals surface area contributed by atoms with Crippen molar-refractivity contribution in [2.24, 2.45) is 0 Å². The number of anilines is 1. The molecule has 0 aliphatic rings. The van der Waals surface area contributed by atoms with E-state index in [9.17, 15) is 26.4 Å². The highest BCUT2D eigenvalue weighted by Crippen LogP contribution is 2.39. The summed E-state index contributed by atoms with van der Waals surface area (Å²) in [7, 11) is -2.76. The number of alkyl halides is 3. The first-order chi connectivity index (χ1) is 20.4. The highest BCUT2D eigenvalue weighted by atomic mass is 35.5. The van der Waals surface area contributed by atoms with Gasteiger partial charge in [0.15, 0.2) is 0 Å². The summed E-state index contributed by atoms with van der Waals surface area (Å²) in [6, 6.07) is 16.0. The summed E-state index contributed by atoms with van der Waals surface area (Å²) in [5.74, 6) is 4.66. The molecule has 0 radical (unpaired) electrons. The molecule has 0 bridgehead atoms. The largest absolute Gasteiger partial charge is 0.573 e. The van der Waals surface area contributed by atoms with E-state index in [1.807, 2.05) is 13.8 Å². The van der Waals surface area contributed by atoms with Crippen molar-refractivity contribution in [3.8, 4) is 17.6 Å². The first-order valence-corrected chi connectivity index (χ1v) is 15.8. The molecular formula is C32H29ClF3NO5S2. The molecule has 1 aromatic heterocycles. The average molecular weight is 664 g/mol. The second-order valence-corrected chi connectivity index (χ2v) is 14.8. The van der Waals surface area contributed by atoms with Crippen LogP contribution in [0.5, 0.6) is 5.75 Å². The van der Waals surface area contributed by atoms with E-state index in [-0.39, 0.29) is 0 Å². The van der Waals surface area contributed by atoms with Gasteiger partial charge in [-0.1, -0.05) is 37.4 Å². The Balaban J connectivity index is 1.66. The highest BCUT2D eigenvalue weighted by molar-refractivity contribution is 7.87. The maximum absolute atomic E-state index is 13.3. The van der Waals surface area contributed by atoms with Crippen molar-refractivity contribution in [2.45, 2.75) is 51.1 Å². The standard InChI is InChI=1S/C32H29ClF3NO5S2/c1-7-8-19-11-22(17-26(12-19)42-32(34,35)36)30(2,3)23-15-24(33)18-25(16-23)37-29(38)28-14-20-13-21(9-10-27(20)43-28)31(4,5)44(39,40)41-6/h9-18H,1-6H3,(H,37,38).